The van der Waals surface area contributed by atoms with Crippen molar-refractivity contribution in [2.45, 2.75) is 47.1 Å². The molecule has 0 atom stereocenters. The molecule has 0 aromatic heterocycles. The number of amides is 1. The molecule has 0 fully saturated rings. The van der Waals surface area contributed by atoms with Gasteiger partial charge in [-0.05, 0) is 75.9 Å². The second-order valence-electron chi connectivity index (χ2n) is 7.29. The summed E-state index contributed by atoms with van der Waals surface area (Å²) in [5, 5.41) is 1.57. The fourth-order valence-electron chi connectivity index (χ4n) is 2.28. The van der Waals surface area contributed by atoms with Gasteiger partial charge in [-0.15, -0.1) is 24.8 Å². The highest BCUT2D eigenvalue weighted by Crippen LogP contribution is 2.27. The molecule has 0 aliphatic heterocycles. The van der Waals surface area contributed by atoms with Crippen LogP contribution < -0.4 is 5.84 Å². The first-order valence-electron chi connectivity index (χ1n) is 8.48. The first kappa shape index (κ1) is 29.9. The zero-order valence-electron chi connectivity index (χ0n) is 17.4. The fraction of sp³-hybridized carbons (Fsp3) is 0.333. The molecule has 162 valence electrons. The minimum atomic E-state index is -0.412. The van der Waals surface area contributed by atoms with Crippen LogP contribution in [0.15, 0.2) is 36.4 Å². The van der Waals surface area contributed by atoms with Crippen molar-refractivity contribution in [1.82, 2.24) is 5.01 Å². The Morgan fingerprint density at radius 2 is 1.45 bits per heavy atom. The summed E-state index contributed by atoms with van der Waals surface area (Å²) in [5.74, 6) is 5.71. The van der Waals surface area contributed by atoms with Gasteiger partial charge in [0.15, 0.2) is 0 Å². The topological polar surface area (TPSA) is 63.4 Å². The third-order valence-corrected chi connectivity index (χ3v) is 4.98. The molecule has 0 spiro atoms. The van der Waals surface area contributed by atoms with Gasteiger partial charge in [-0.2, -0.15) is 0 Å². The number of halogens is 4. The lowest BCUT2D eigenvalue weighted by Crippen LogP contribution is -2.50. The molecule has 0 heterocycles. The molecule has 0 radical (unpaired) electrons. The molecule has 0 saturated heterocycles. The number of carbonyl (C=O) groups excluding carboxylic acids is 2. The Bertz CT molecular complexity index is 835. The van der Waals surface area contributed by atoms with Gasteiger partial charge in [-0.3, -0.25) is 14.6 Å². The van der Waals surface area contributed by atoms with Crippen LogP contribution in [0.4, 0.5) is 0 Å². The molecule has 2 aromatic carbocycles. The lowest BCUT2D eigenvalue weighted by molar-refractivity contribution is 0.0580. The maximum Gasteiger partial charge on any atom is 0.268 e. The summed E-state index contributed by atoms with van der Waals surface area (Å²) < 4.78 is 0. The maximum absolute atomic E-state index is 12.4. The smallest absolute Gasteiger partial charge is 0.268 e. The Balaban J connectivity index is 0. The average Bonchev–Trinajstić information content (AvgIpc) is 2.62. The number of nitrogens with zero attached hydrogens (tertiary/aromatic N) is 1. The van der Waals surface area contributed by atoms with E-state index in [1.54, 1.807) is 30.3 Å². The lowest BCUT2D eigenvalue weighted by atomic mass is 9.98. The van der Waals surface area contributed by atoms with Crippen LogP contribution in [0.3, 0.4) is 0 Å². The van der Waals surface area contributed by atoms with Gasteiger partial charge in [0.05, 0.1) is 5.54 Å². The van der Waals surface area contributed by atoms with E-state index in [1.807, 2.05) is 47.6 Å². The number of benzene rings is 2. The van der Waals surface area contributed by atoms with Crippen molar-refractivity contribution < 1.29 is 9.59 Å². The van der Waals surface area contributed by atoms with E-state index in [9.17, 15) is 9.59 Å². The van der Waals surface area contributed by atoms with Crippen molar-refractivity contribution in [1.29, 1.82) is 0 Å². The zero-order valence-corrected chi connectivity index (χ0v) is 20.5. The van der Waals surface area contributed by atoms with E-state index in [4.69, 9.17) is 29.0 Å². The van der Waals surface area contributed by atoms with E-state index in [0.29, 0.717) is 16.1 Å². The molecule has 29 heavy (non-hydrogen) atoms. The largest absolute Gasteiger partial charge is 0.276 e. The fourth-order valence-corrected chi connectivity index (χ4v) is 2.60. The molecule has 0 saturated carbocycles. The van der Waals surface area contributed by atoms with Crippen LogP contribution in [0.1, 0.15) is 58.2 Å². The summed E-state index contributed by atoms with van der Waals surface area (Å²) in [6.07, 6.45) is 0. The molecule has 0 aliphatic rings. The molecule has 2 aromatic rings. The van der Waals surface area contributed by atoms with Crippen molar-refractivity contribution in [2.75, 3.05) is 0 Å². The second-order valence-corrected chi connectivity index (χ2v) is 8.01. The molecule has 0 aliphatic carbocycles. The van der Waals surface area contributed by atoms with E-state index < -0.39 is 10.8 Å². The zero-order chi connectivity index (χ0) is 20.9. The average molecular weight is 482 g/mol. The van der Waals surface area contributed by atoms with Crippen LogP contribution in [-0.4, -0.2) is 21.7 Å². The molecule has 0 bridgehead atoms. The lowest BCUT2D eigenvalue weighted by Gasteiger charge is -2.31. The Morgan fingerprint density at radius 1 is 0.966 bits per heavy atom. The summed E-state index contributed by atoms with van der Waals surface area (Å²) in [6.45, 7) is 11.4. The number of carbonyl (C=O) groups is 2. The summed E-state index contributed by atoms with van der Waals surface area (Å²) >= 11 is 11.3. The van der Waals surface area contributed by atoms with E-state index in [-0.39, 0.29) is 30.7 Å². The van der Waals surface area contributed by atoms with Gasteiger partial charge in [-0.25, -0.2) is 5.84 Å². The number of nitrogens with two attached hydrogens (primary N) is 1. The molecule has 0 unspecified atom stereocenters. The van der Waals surface area contributed by atoms with Crippen molar-refractivity contribution in [3.63, 3.8) is 0 Å². The standard InChI is InChI=1S/C14H21ClN2O.C7H5ClO.2ClH/c1-8-7-11(9(2)10(3)12(8)15)13(18)17(16)14(4,5)6;8-7(9)6-4-2-1-3-5-6;;/h7H,16H2,1-6H3;1-5H;2*1H. The molecule has 2 N–H and O–H groups in total. The van der Waals surface area contributed by atoms with Gasteiger partial charge in [0.1, 0.15) is 0 Å². The predicted molar refractivity (Wildman–Crippen MR) is 127 cm³/mol. The van der Waals surface area contributed by atoms with E-state index in [2.05, 4.69) is 0 Å². The minimum absolute atomic E-state index is 0. The van der Waals surface area contributed by atoms with Crippen LogP contribution >= 0.6 is 48.0 Å². The van der Waals surface area contributed by atoms with Gasteiger partial charge < -0.3 is 0 Å². The molecule has 4 nitrogen and oxygen atoms in total. The summed E-state index contributed by atoms with van der Waals surface area (Å²) in [7, 11) is 0. The van der Waals surface area contributed by atoms with Gasteiger partial charge in [0.2, 0.25) is 0 Å². The maximum atomic E-state index is 12.4. The van der Waals surface area contributed by atoms with Gasteiger partial charge in [0, 0.05) is 16.1 Å². The minimum Gasteiger partial charge on any atom is -0.276 e. The molecule has 8 heteroatoms. The normalized spacial score (nSPS) is 9.97. The van der Waals surface area contributed by atoms with E-state index in [0.717, 1.165) is 16.7 Å². The summed E-state index contributed by atoms with van der Waals surface area (Å²) in [5.41, 5.74) is 3.46. The van der Waals surface area contributed by atoms with E-state index >= 15 is 0 Å². The third kappa shape index (κ3) is 8.15. The number of rotatable bonds is 2. The van der Waals surface area contributed by atoms with Crippen LogP contribution in [-0.2, 0) is 0 Å². The number of aryl methyl sites for hydroxylation is 1. The van der Waals surface area contributed by atoms with Crippen molar-refractivity contribution in [3.05, 3.63) is 69.2 Å². The highest BCUT2D eigenvalue weighted by molar-refractivity contribution is 6.67. The monoisotopic (exact) mass is 480 g/mol. The van der Waals surface area contributed by atoms with Gasteiger partial charge in [-0.1, -0.05) is 41.9 Å². The van der Waals surface area contributed by atoms with E-state index in [1.165, 1.54) is 5.01 Å². The summed E-state index contributed by atoms with van der Waals surface area (Å²) in [4.78, 5) is 22.8. The SMILES string of the molecule is Cc1cc(C(=O)N(N)C(C)(C)C)c(C)c(C)c1Cl.Cl.Cl.O=C(Cl)c1ccccc1. The van der Waals surface area contributed by atoms with Crippen molar-refractivity contribution in [2.24, 2.45) is 5.84 Å². The Hall–Kier alpha value is -1.30. The molecule has 1 amide bonds. The van der Waals surface area contributed by atoms with Crippen LogP contribution in [0, 0.1) is 20.8 Å². The molecular weight excluding hydrogens is 454 g/mol. The van der Waals surface area contributed by atoms with Crippen molar-refractivity contribution in [3.8, 4) is 0 Å². The number of hydrazine groups is 1. The van der Waals surface area contributed by atoms with Crippen molar-refractivity contribution >= 4 is 59.2 Å². The first-order chi connectivity index (χ1) is 12.4. The highest BCUT2D eigenvalue weighted by Gasteiger charge is 2.26. The highest BCUT2D eigenvalue weighted by atomic mass is 35.5. The quantitative estimate of drug-likeness (QED) is 0.237. The third-order valence-electron chi connectivity index (χ3n) is 4.18. The second kappa shape index (κ2) is 12.4. The first-order valence-corrected chi connectivity index (χ1v) is 9.24. The Labute approximate surface area is 195 Å². The molecular formula is C21H28Cl4N2O2. The van der Waals surface area contributed by atoms with Crippen LogP contribution in [0.5, 0.6) is 0 Å². The molecule has 2 rings (SSSR count). The van der Waals surface area contributed by atoms with Gasteiger partial charge in [0.25, 0.3) is 11.1 Å². The van der Waals surface area contributed by atoms with Crippen LogP contribution in [0.2, 0.25) is 5.02 Å². The number of hydrogen-bond donors (Lipinski definition) is 1. The Kier molecular flexibility index (Phi) is 12.8. The Morgan fingerprint density at radius 3 is 1.83 bits per heavy atom. The van der Waals surface area contributed by atoms with Gasteiger partial charge >= 0.3 is 0 Å². The predicted octanol–water partition coefficient (Wildman–Crippen LogP) is 6.29. The van der Waals surface area contributed by atoms with Crippen LogP contribution in [0.25, 0.3) is 0 Å². The summed E-state index contributed by atoms with van der Waals surface area (Å²) in [6, 6.07) is 10.5. The number of hydrogen-bond acceptors (Lipinski definition) is 3.